The molecule has 8 bridgehead atoms. The number of aryl methyl sites for hydroxylation is 3. The third-order valence-corrected chi connectivity index (χ3v) is 13.6. The molecule has 0 spiro atoms. The first-order chi connectivity index (χ1) is 27.6. The van der Waals surface area contributed by atoms with Crippen molar-refractivity contribution in [1.29, 1.82) is 0 Å². The minimum atomic E-state index is -0.0347. The molecule has 4 heteroatoms. The van der Waals surface area contributed by atoms with Crippen LogP contribution in [0.3, 0.4) is 0 Å². The van der Waals surface area contributed by atoms with Gasteiger partial charge in [-0.25, -0.2) is 9.97 Å². The van der Waals surface area contributed by atoms with Gasteiger partial charge in [0.1, 0.15) is 0 Å². The summed E-state index contributed by atoms with van der Waals surface area (Å²) < 4.78 is 2.41. The molecule has 0 saturated heterocycles. The maximum absolute atomic E-state index is 5.73. The highest BCUT2D eigenvalue weighted by Crippen LogP contribution is 2.46. The first kappa shape index (κ1) is 43.1. The Labute approximate surface area is 361 Å². The van der Waals surface area contributed by atoms with Gasteiger partial charge in [0, 0.05) is 40.3 Å². The molecule has 0 fully saturated rings. The van der Waals surface area contributed by atoms with Gasteiger partial charge in [-0.15, -0.1) is 0 Å². The van der Waals surface area contributed by atoms with E-state index in [0.29, 0.717) is 0 Å². The third kappa shape index (κ3) is 7.32. The molecule has 5 aromatic rings. The molecule has 2 aliphatic rings. The van der Waals surface area contributed by atoms with Crippen LogP contribution in [0.4, 0.5) is 0 Å². The predicted octanol–water partition coefficient (Wildman–Crippen LogP) is 15.7. The van der Waals surface area contributed by atoms with Crippen molar-refractivity contribution in [3.8, 4) is 22.3 Å². The number of fused-ring (bicyclic) bond motifs is 8. The SMILES string of the molecule is CC1=C(C)c2nc1c(C)c1nc(c(-c3cc(C(C)(C)C)cc(C(C)(C)C)c3)c3c(C)c(C)c(cc4ccc([nH]4)c2-c2cc(C(C)(C)C)cc(C(C)(C)C)c2)n3C)C(C)=C1C. The zero-order chi connectivity index (χ0) is 44.3. The number of hydrogen-bond donors (Lipinski definition) is 1. The molecule has 7 rings (SSSR count). The summed E-state index contributed by atoms with van der Waals surface area (Å²) in [4.78, 5) is 15.3. The largest absolute Gasteiger partial charge is 0.355 e. The minimum Gasteiger partial charge on any atom is -0.355 e. The second-order valence-corrected chi connectivity index (χ2v) is 22.1. The molecule has 2 aliphatic heterocycles. The Morgan fingerprint density at radius 3 is 1.23 bits per heavy atom. The maximum atomic E-state index is 5.73. The van der Waals surface area contributed by atoms with Crippen molar-refractivity contribution >= 4 is 44.4 Å². The number of benzene rings is 2. The zero-order valence-electron chi connectivity index (χ0n) is 40.5. The minimum absolute atomic E-state index is 0.0299. The fraction of sp³-hybridized carbons (Fsp3) is 0.429. The smallest absolute Gasteiger partial charge is 0.0769 e. The van der Waals surface area contributed by atoms with Gasteiger partial charge in [-0.3, -0.25) is 0 Å². The van der Waals surface area contributed by atoms with Gasteiger partial charge >= 0.3 is 0 Å². The van der Waals surface area contributed by atoms with Crippen molar-refractivity contribution in [2.45, 2.75) is 153 Å². The lowest BCUT2D eigenvalue weighted by Gasteiger charge is -2.26. The molecule has 2 aromatic carbocycles. The maximum Gasteiger partial charge on any atom is 0.0769 e. The van der Waals surface area contributed by atoms with Crippen LogP contribution in [0.15, 0.2) is 54.6 Å². The molecule has 0 amide bonds. The molecule has 0 aliphatic carbocycles. The number of rotatable bonds is 2. The second kappa shape index (κ2) is 14.3. The zero-order valence-corrected chi connectivity index (χ0v) is 40.5. The third-order valence-electron chi connectivity index (χ3n) is 13.6. The Hall–Kier alpha value is -4.96. The van der Waals surface area contributed by atoms with Crippen LogP contribution in [0.5, 0.6) is 0 Å². The van der Waals surface area contributed by atoms with Crippen LogP contribution >= 0.6 is 0 Å². The van der Waals surface area contributed by atoms with Crippen LogP contribution in [0.25, 0.3) is 66.6 Å². The van der Waals surface area contributed by atoms with Crippen LogP contribution in [-0.2, 0) is 28.7 Å². The first-order valence-corrected chi connectivity index (χ1v) is 22.0. The molecular weight excluding hydrogens is 729 g/mol. The van der Waals surface area contributed by atoms with Gasteiger partial charge < -0.3 is 9.55 Å². The van der Waals surface area contributed by atoms with Crippen molar-refractivity contribution < 1.29 is 0 Å². The van der Waals surface area contributed by atoms with Crippen LogP contribution < -0.4 is 0 Å². The number of nitrogens with zero attached hydrogens (tertiary/aromatic N) is 3. The van der Waals surface area contributed by atoms with E-state index in [9.17, 15) is 0 Å². The molecule has 4 nitrogen and oxygen atoms in total. The highest BCUT2D eigenvalue weighted by atomic mass is 14.9. The van der Waals surface area contributed by atoms with Crippen molar-refractivity contribution in [3.63, 3.8) is 0 Å². The molecule has 0 unspecified atom stereocenters. The van der Waals surface area contributed by atoms with E-state index in [1.165, 1.54) is 83.4 Å². The van der Waals surface area contributed by atoms with E-state index in [-0.39, 0.29) is 21.7 Å². The fourth-order valence-electron chi connectivity index (χ4n) is 9.02. The summed E-state index contributed by atoms with van der Waals surface area (Å²) in [7, 11) is 2.24. The lowest BCUT2D eigenvalue weighted by Crippen LogP contribution is -2.16. The van der Waals surface area contributed by atoms with E-state index < -0.39 is 0 Å². The standard InChI is InChI=1S/C56H70N4/c1-30-35(6)52-47(38-25-41(55(14,15)16)28-42(26-38)56(17,18)19)51-34(5)32(3)49(59-51)36(7)48-31(2)33(4)50(58-48)46(44-22-21-43(57-44)29-45(30)60(52)20)37-23-39(53(8,9)10)27-40(24-37)54(11,12)13/h21-29,57H,1-20H3. The second-order valence-electron chi connectivity index (χ2n) is 22.1. The molecule has 5 heterocycles. The normalized spacial score (nSPS) is 14.2. The van der Waals surface area contributed by atoms with Gasteiger partial charge in [0.2, 0.25) is 0 Å². The van der Waals surface area contributed by atoms with Crippen molar-refractivity contribution in [3.05, 3.63) is 116 Å². The summed E-state index contributed by atoms with van der Waals surface area (Å²) in [6, 6.07) is 21.3. The number of hydrogen-bond acceptors (Lipinski definition) is 2. The fourth-order valence-corrected chi connectivity index (χ4v) is 9.02. The van der Waals surface area contributed by atoms with Crippen LogP contribution in [0, 0.1) is 20.8 Å². The number of aromatic amines is 1. The summed E-state index contributed by atoms with van der Waals surface area (Å²) in [5.41, 5.74) is 26.9. The molecular formula is C56H70N4. The topological polar surface area (TPSA) is 46.5 Å². The Bertz CT molecular complexity index is 2790. The van der Waals surface area contributed by atoms with Crippen LogP contribution in [-0.4, -0.2) is 19.5 Å². The lowest BCUT2D eigenvalue weighted by atomic mass is 9.78. The van der Waals surface area contributed by atoms with E-state index in [0.717, 1.165) is 44.9 Å². The number of H-pyrrole nitrogens is 1. The predicted molar refractivity (Wildman–Crippen MR) is 262 cm³/mol. The van der Waals surface area contributed by atoms with Gasteiger partial charge in [0.15, 0.2) is 0 Å². The van der Waals surface area contributed by atoms with E-state index in [4.69, 9.17) is 9.97 Å². The molecule has 0 radical (unpaired) electrons. The Morgan fingerprint density at radius 1 is 0.433 bits per heavy atom. The van der Waals surface area contributed by atoms with E-state index >= 15 is 0 Å². The highest BCUT2D eigenvalue weighted by Gasteiger charge is 2.29. The molecule has 0 atom stereocenters. The number of aromatic nitrogens is 4. The van der Waals surface area contributed by atoms with Gasteiger partial charge in [0.05, 0.1) is 28.3 Å². The molecule has 314 valence electrons. The van der Waals surface area contributed by atoms with Crippen molar-refractivity contribution in [2.24, 2.45) is 7.05 Å². The average molecular weight is 799 g/mol. The summed E-state index contributed by atoms with van der Waals surface area (Å²) >= 11 is 0. The lowest BCUT2D eigenvalue weighted by molar-refractivity contribution is 0.568. The Balaban J connectivity index is 1.73. The van der Waals surface area contributed by atoms with Crippen molar-refractivity contribution in [1.82, 2.24) is 19.5 Å². The van der Waals surface area contributed by atoms with Gasteiger partial charge in [0.25, 0.3) is 0 Å². The van der Waals surface area contributed by atoms with Gasteiger partial charge in [-0.2, -0.15) is 0 Å². The monoisotopic (exact) mass is 799 g/mol. The van der Waals surface area contributed by atoms with E-state index in [1.54, 1.807) is 0 Å². The van der Waals surface area contributed by atoms with E-state index in [2.05, 4.69) is 203 Å². The Kier molecular flexibility index (Phi) is 10.3. The number of nitrogens with one attached hydrogen (secondary N) is 1. The summed E-state index contributed by atoms with van der Waals surface area (Å²) in [6.45, 7) is 43.6. The van der Waals surface area contributed by atoms with E-state index in [1.807, 2.05) is 0 Å². The first-order valence-electron chi connectivity index (χ1n) is 22.0. The van der Waals surface area contributed by atoms with Gasteiger partial charge in [-0.1, -0.05) is 119 Å². The number of allylic oxidation sites excluding steroid dienone is 4. The van der Waals surface area contributed by atoms with Crippen LogP contribution in [0.2, 0.25) is 0 Å². The molecule has 0 saturated carbocycles. The molecule has 1 N–H and O–H groups in total. The van der Waals surface area contributed by atoms with Crippen molar-refractivity contribution in [2.75, 3.05) is 0 Å². The highest BCUT2D eigenvalue weighted by molar-refractivity contribution is 6.03. The van der Waals surface area contributed by atoms with Gasteiger partial charge in [-0.05, 0) is 155 Å². The average Bonchev–Trinajstić information content (AvgIpc) is 3.86. The molecule has 60 heavy (non-hydrogen) atoms. The summed E-state index contributed by atoms with van der Waals surface area (Å²) in [6.07, 6.45) is 0. The summed E-state index contributed by atoms with van der Waals surface area (Å²) in [5.74, 6) is 0. The summed E-state index contributed by atoms with van der Waals surface area (Å²) in [5, 5.41) is 0. The quantitative estimate of drug-likeness (QED) is 0.193. The molecule has 3 aromatic heterocycles. The van der Waals surface area contributed by atoms with Crippen LogP contribution in [0.1, 0.15) is 172 Å². The Morgan fingerprint density at radius 2 is 0.817 bits per heavy atom.